The van der Waals surface area contributed by atoms with E-state index < -0.39 is 0 Å². The highest BCUT2D eigenvalue weighted by molar-refractivity contribution is 5.75. The van der Waals surface area contributed by atoms with Crippen LogP contribution in [0, 0.1) is 0 Å². The van der Waals surface area contributed by atoms with E-state index in [1.807, 2.05) is 12.1 Å². The molecule has 0 saturated heterocycles. The Labute approximate surface area is 95.5 Å². The van der Waals surface area contributed by atoms with Gasteiger partial charge < -0.3 is 16.2 Å². The number of amides is 1. The van der Waals surface area contributed by atoms with Crippen LogP contribution >= 0.6 is 0 Å². The zero-order valence-corrected chi connectivity index (χ0v) is 9.28. The lowest BCUT2D eigenvalue weighted by molar-refractivity contribution is -0.121. The first kappa shape index (κ1) is 12.5. The summed E-state index contributed by atoms with van der Waals surface area (Å²) in [5.74, 6) is 0.306. The maximum atomic E-state index is 11.2. The minimum absolute atomic E-state index is 0.0456. The smallest absolute Gasteiger partial charge is 0.220 e. The normalized spacial score (nSPS) is 10.1. The van der Waals surface area contributed by atoms with Crippen LogP contribution in [0.3, 0.4) is 0 Å². The molecule has 0 aliphatic rings. The molecule has 0 unspecified atom stereocenters. The molecule has 4 heteroatoms. The molecule has 1 aromatic carbocycles. The van der Waals surface area contributed by atoms with Crippen LogP contribution in [-0.2, 0) is 11.2 Å². The summed E-state index contributed by atoms with van der Waals surface area (Å²) in [5, 5.41) is 11.9. The average molecular weight is 222 g/mol. The number of hydrogen-bond acceptors (Lipinski definition) is 3. The summed E-state index contributed by atoms with van der Waals surface area (Å²) in [6.07, 6.45) is 1.99. The first-order valence-electron chi connectivity index (χ1n) is 5.47. The van der Waals surface area contributed by atoms with Gasteiger partial charge in [-0.1, -0.05) is 12.1 Å². The van der Waals surface area contributed by atoms with Crippen LogP contribution in [-0.4, -0.2) is 24.1 Å². The number of rotatable bonds is 6. The van der Waals surface area contributed by atoms with Gasteiger partial charge in [0.25, 0.3) is 0 Å². The van der Waals surface area contributed by atoms with Gasteiger partial charge in [0.05, 0.1) is 0 Å². The van der Waals surface area contributed by atoms with Gasteiger partial charge in [-0.3, -0.25) is 4.79 Å². The van der Waals surface area contributed by atoms with Gasteiger partial charge in [0, 0.05) is 13.0 Å². The van der Waals surface area contributed by atoms with Crippen molar-refractivity contribution < 1.29 is 9.90 Å². The Hall–Kier alpha value is -1.55. The van der Waals surface area contributed by atoms with E-state index in [1.54, 1.807) is 12.1 Å². The van der Waals surface area contributed by atoms with Crippen LogP contribution in [0.1, 0.15) is 18.4 Å². The minimum atomic E-state index is 0.0456. The number of carbonyl (C=O) groups excluding carboxylic acids is 1. The lowest BCUT2D eigenvalue weighted by Crippen LogP contribution is -2.25. The lowest BCUT2D eigenvalue weighted by Gasteiger charge is -2.04. The van der Waals surface area contributed by atoms with Crippen molar-refractivity contribution >= 4 is 5.91 Å². The largest absolute Gasteiger partial charge is 0.508 e. The third kappa shape index (κ3) is 4.79. The molecule has 4 N–H and O–H groups in total. The molecule has 16 heavy (non-hydrogen) atoms. The summed E-state index contributed by atoms with van der Waals surface area (Å²) in [7, 11) is 0. The summed E-state index contributed by atoms with van der Waals surface area (Å²) < 4.78 is 0. The summed E-state index contributed by atoms with van der Waals surface area (Å²) in [6.45, 7) is 1.17. The van der Waals surface area contributed by atoms with Crippen LogP contribution < -0.4 is 11.1 Å². The molecule has 0 aliphatic carbocycles. The van der Waals surface area contributed by atoms with E-state index in [0.29, 0.717) is 19.5 Å². The van der Waals surface area contributed by atoms with Crippen LogP contribution in [0.5, 0.6) is 5.75 Å². The number of aromatic hydroxyl groups is 1. The first-order chi connectivity index (χ1) is 7.72. The molecule has 0 atom stereocenters. The van der Waals surface area contributed by atoms with Gasteiger partial charge in [-0.25, -0.2) is 0 Å². The maximum Gasteiger partial charge on any atom is 0.220 e. The number of hydrogen-bond donors (Lipinski definition) is 3. The summed E-state index contributed by atoms with van der Waals surface area (Å²) in [6, 6.07) is 6.99. The van der Waals surface area contributed by atoms with E-state index in [0.717, 1.165) is 18.4 Å². The van der Waals surface area contributed by atoms with Crippen molar-refractivity contribution in [1.29, 1.82) is 0 Å². The molecule has 1 amide bonds. The third-order valence-electron chi connectivity index (χ3n) is 2.28. The molecule has 0 aliphatic heterocycles. The molecule has 0 saturated carbocycles. The van der Waals surface area contributed by atoms with E-state index in [2.05, 4.69) is 5.32 Å². The van der Waals surface area contributed by atoms with E-state index in [-0.39, 0.29) is 11.7 Å². The second-order valence-electron chi connectivity index (χ2n) is 3.66. The van der Waals surface area contributed by atoms with E-state index >= 15 is 0 Å². The highest BCUT2D eigenvalue weighted by Crippen LogP contribution is 2.09. The van der Waals surface area contributed by atoms with Gasteiger partial charge in [0.2, 0.25) is 5.91 Å². The van der Waals surface area contributed by atoms with Crippen LogP contribution in [0.4, 0.5) is 0 Å². The Kier molecular flexibility index (Phi) is 5.36. The number of phenols is 1. The quantitative estimate of drug-likeness (QED) is 0.666. The average Bonchev–Trinajstić information content (AvgIpc) is 2.29. The number of nitrogens with one attached hydrogen (secondary N) is 1. The van der Waals surface area contributed by atoms with Gasteiger partial charge >= 0.3 is 0 Å². The van der Waals surface area contributed by atoms with E-state index in [4.69, 9.17) is 10.8 Å². The molecule has 0 aromatic heterocycles. The maximum absolute atomic E-state index is 11.2. The van der Waals surface area contributed by atoms with Crippen molar-refractivity contribution in [2.75, 3.05) is 13.1 Å². The van der Waals surface area contributed by atoms with E-state index in [9.17, 15) is 4.79 Å². The van der Waals surface area contributed by atoms with Crippen molar-refractivity contribution in [3.8, 4) is 5.75 Å². The fourth-order valence-corrected chi connectivity index (χ4v) is 1.36. The molecule has 0 bridgehead atoms. The second kappa shape index (κ2) is 6.85. The zero-order chi connectivity index (χ0) is 11.8. The third-order valence-corrected chi connectivity index (χ3v) is 2.28. The fraction of sp³-hybridized carbons (Fsp3) is 0.417. The predicted octanol–water partition coefficient (Wildman–Crippen LogP) is 0.790. The first-order valence-corrected chi connectivity index (χ1v) is 5.47. The molecule has 0 spiro atoms. The van der Waals surface area contributed by atoms with Gasteiger partial charge in [-0.2, -0.15) is 0 Å². The van der Waals surface area contributed by atoms with Crippen molar-refractivity contribution in [3.05, 3.63) is 29.8 Å². The Bertz CT molecular complexity index is 322. The lowest BCUT2D eigenvalue weighted by atomic mass is 10.1. The number of phenolic OH excluding ortho intramolecular Hbond substituents is 1. The molecular weight excluding hydrogens is 204 g/mol. The zero-order valence-electron chi connectivity index (χ0n) is 9.28. The second-order valence-corrected chi connectivity index (χ2v) is 3.66. The number of nitrogens with two attached hydrogens (primary N) is 1. The Balaban J connectivity index is 2.20. The molecular formula is C12H18N2O2. The Morgan fingerprint density at radius 1 is 1.31 bits per heavy atom. The summed E-state index contributed by atoms with van der Waals surface area (Å²) >= 11 is 0. The Morgan fingerprint density at radius 3 is 2.62 bits per heavy atom. The monoisotopic (exact) mass is 222 g/mol. The van der Waals surface area contributed by atoms with Crippen molar-refractivity contribution in [2.45, 2.75) is 19.3 Å². The van der Waals surface area contributed by atoms with Crippen LogP contribution in [0.15, 0.2) is 24.3 Å². The standard InChI is InChI=1S/C12H18N2O2/c13-8-1-2-12(16)14-9-7-10-3-5-11(15)6-4-10/h3-6,15H,1-2,7-9,13H2,(H,14,16). The predicted molar refractivity (Wildman–Crippen MR) is 63.1 cm³/mol. The Morgan fingerprint density at radius 2 is 2.00 bits per heavy atom. The molecule has 0 heterocycles. The summed E-state index contributed by atoms with van der Waals surface area (Å²) in [4.78, 5) is 11.2. The molecule has 1 rings (SSSR count). The fourth-order valence-electron chi connectivity index (χ4n) is 1.36. The SMILES string of the molecule is NCCCC(=O)NCCc1ccc(O)cc1. The molecule has 0 fully saturated rings. The van der Waals surface area contributed by atoms with Crippen molar-refractivity contribution in [1.82, 2.24) is 5.32 Å². The molecule has 88 valence electrons. The molecule has 0 radical (unpaired) electrons. The highest BCUT2D eigenvalue weighted by atomic mass is 16.3. The topological polar surface area (TPSA) is 75.4 Å². The number of benzene rings is 1. The number of carbonyl (C=O) groups is 1. The van der Waals surface area contributed by atoms with Gasteiger partial charge in [-0.05, 0) is 37.1 Å². The molecule has 1 aromatic rings. The van der Waals surface area contributed by atoms with Gasteiger partial charge in [-0.15, -0.1) is 0 Å². The van der Waals surface area contributed by atoms with E-state index in [1.165, 1.54) is 0 Å². The van der Waals surface area contributed by atoms with Crippen molar-refractivity contribution in [3.63, 3.8) is 0 Å². The van der Waals surface area contributed by atoms with Crippen molar-refractivity contribution in [2.24, 2.45) is 5.73 Å². The highest BCUT2D eigenvalue weighted by Gasteiger charge is 1.99. The minimum Gasteiger partial charge on any atom is -0.508 e. The van der Waals surface area contributed by atoms with Crippen LogP contribution in [0.2, 0.25) is 0 Å². The van der Waals surface area contributed by atoms with Gasteiger partial charge in [0.1, 0.15) is 5.75 Å². The van der Waals surface area contributed by atoms with Crippen LogP contribution in [0.25, 0.3) is 0 Å². The molecule has 4 nitrogen and oxygen atoms in total. The van der Waals surface area contributed by atoms with Gasteiger partial charge in [0.15, 0.2) is 0 Å². The summed E-state index contributed by atoms with van der Waals surface area (Å²) in [5.41, 5.74) is 6.40.